The molecule has 1 aliphatic rings. The van der Waals surface area contributed by atoms with E-state index in [1.54, 1.807) is 0 Å². The van der Waals surface area contributed by atoms with Crippen molar-refractivity contribution in [2.45, 2.75) is 58.5 Å². The summed E-state index contributed by atoms with van der Waals surface area (Å²) in [7, 11) is 0. The van der Waals surface area contributed by atoms with Crippen molar-refractivity contribution in [2.75, 3.05) is 32.7 Å². The van der Waals surface area contributed by atoms with Crippen LogP contribution in [0.2, 0.25) is 0 Å². The largest absolute Gasteiger partial charge is 0.297 e. The van der Waals surface area contributed by atoms with E-state index in [-0.39, 0.29) is 5.54 Å². The van der Waals surface area contributed by atoms with Gasteiger partial charge in [0.25, 0.3) is 0 Å². The third kappa shape index (κ3) is 4.61. The number of aromatic nitrogens is 4. The Morgan fingerprint density at radius 2 is 1.91 bits per heavy atom. The molecule has 2 heterocycles. The minimum Gasteiger partial charge on any atom is -0.297 e. The van der Waals surface area contributed by atoms with Gasteiger partial charge in [-0.1, -0.05) is 25.8 Å². The van der Waals surface area contributed by atoms with Gasteiger partial charge in [-0.2, -0.15) is 0 Å². The van der Waals surface area contributed by atoms with E-state index in [1.807, 2.05) is 10.8 Å². The third-order valence-corrected chi connectivity index (χ3v) is 4.49. The quantitative estimate of drug-likeness (QED) is 0.722. The van der Waals surface area contributed by atoms with Gasteiger partial charge >= 0.3 is 0 Å². The summed E-state index contributed by atoms with van der Waals surface area (Å²) in [5.41, 5.74) is -0.0893. The first kappa shape index (κ1) is 18.1. The lowest BCUT2D eigenvalue weighted by Crippen LogP contribution is -2.48. The number of hydrogen-bond donors (Lipinski definition) is 0. The van der Waals surface area contributed by atoms with Gasteiger partial charge in [-0.3, -0.25) is 9.80 Å². The first-order chi connectivity index (χ1) is 11.0. The number of nitrogens with zero attached hydrogens (tertiary/aromatic N) is 6. The van der Waals surface area contributed by atoms with Crippen LogP contribution < -0.4 is 0 Å². The first-order valence-electron chi connectivity index (χ1n) is 8.83. The highest BCUT2D eigenvalue weighted by Gasteiger charge is 2.31. The van der Waals surface area contributed by atoms with Gasteiger partial charge in [0.05, 0.1) is 11.6 Å². The minimum atomic E-state index is -0.0893. The molecular formula is C17H32N6. The number of piperazine rings is 1. The fourth-order valence-electron chi connectivity index (χ4n) is 3.19. The van der Waals surface area contributed by atoms with Crippen LogP contribution in [0.15, 0.2) is 12.7 Å². The van der Waals surface area contributed by atoms with Gasteiger partial charge in [0, 0.05) is 32.7 Å². The van der Waals surface area contributed by atoms with E-state index in [0.717, 1.165) is 45.0 Å². The van der Waals surface area contributed by atoms with Crippen molar-refractivity contribution in [2.24, 2.45) is 0 Å². The van der Waals surface area contributed by atoms with Gasteiger partial charge < -0.3 is 0 Å². The Balaban J connectivity index is 2.15. The van der Waals surface area contributed by atoms with E-state index in [4.69, 9.17) is 0 Å². The van der Waals surface area contributed by atoms with E-state index in [9.17, 15) is 0 Å². The molecule has 0 amide bonds. The molecule has 1 unspecified atom stereocenters. The molecule has 0 aromatic carbocycles. The molecule has 23 heavy (non-hydrogen) atoms. The minimum absolute atomic E-state index is 0.0893. The smallest absolute Gasteiger partial charge is 0.168 e. The number of hydrogen-bond acceptors (Lipinski definition) is 5. The van der Waals surface area contributed by atoms with Crippen LogP contribution in [0.4, 0.5) is 0 Å². The molecule has 0 saturated carbocycles. The molecule has 2 rings (SSSR count). The van der Waals surface area contributed by atoms with Gasteiger partial charge in [0.2, 0.25) is 0 Å². The summed E-state index contributed by atoms with van der Waals surface area (Å²) in [4.78, 5) is 5.01. The van der Waals surface area contributed by atoms with E-state index >= 15 is 0 Å². The molecule has 0 spiro atoms. The summed E-state index contributed by atoms with van der Waals surface area (Å²) in [5, 5.41) is 12.6. The zero-order chi connectivity index (χ0) is 16.9. The summed E-state index contributed by atoms with van der Waals surface area (Å²) in [6.07, 6.45) is 5.51. The second kappa shape index (κ2) is 8.02. The lowest BCUT2D eigenvalue weighted by atomic mass is 10.0. The fraction of sp³-hybridized carbons (Fsp3) is 0.824. The van der Waals surface area contributed by atoms with Crippen LogP contribution in [0, 0.1) is 0 Å². The van der Waals surface area contributed by atoms with Crippen molar-refractivity contribution in [3.05, 3.63) is 18.5 Å². The van der Waals surface area contributed by atoms with Crippen LogP contribution in [-0.4, -0.2) is 62.7 Å². The molecule has 130 valence electrons. The second-order valence-corrected chi connectivity index (χ2v) is 7.40. The number of unbranched alkanes of at least 4 members (excludes halogenated alkanes) is 1. The van der Waals surface area contributed by atoms with E-state index in [0.29, 0.717) is 6.04 Å². The van der Waals surface area contributed by atoms with Gasteiger partial charge in [-0.15, -0.1) is 11.7 Å². The predicted molar refractivity (Wildman–Crippen MR) is 93.3 cm³/mol. The first-order valence-corrected chi connectivity index (χ1v) is 8.83. The fourth-order valence-corrected chi connectivity index (χ4v) is 3.19. The molecule has 1 atom stereocenters. The monoisotopic (exact) mass is 320 g/mol. The van der Waals surface area contributed by atoms with E-state index < -0.39 is 0 Å². The Hall–Kier alpha value is -1.27. The summed E-state index contributed by atoms with van der Waals surface area (Å²) >= 11 is 0. The third-order valence-electron chi connectivity index (χ3n) is 4.49. The molecule has 0 N–H and O–H groups in total. The van der Waals surface area contributed by atoms with Crippen molar-refractivity contribution in [3.63, 3.8) is 0 Å². The predicted octanol–water partition coefficient (Wildman–Crippen LogP) is 2.46. The van der Waals surface area contributed by atoms with Crippen molar-refractivity contribution < 1.29 is 0 Å². The highest BCUT2D eigenvalue weighted by atomic mass is 15.6. The molecule has 0 bridgehead atoms. The van der Waals surface area contributed by atoms with Gasteiger partial charge in [0.15, 0.2) is 5.82 Å². The van der Waals surface area contributed by atoms with Gasteiger partial charge in [-0.05, 0) is 37.6 Å². The van der Waals surface area contributed by atoms with Crippen molar-refractivity contribution in [1.29, 1.82) is 0 Å². The lowest BCUT2D eigenvalue weighted by Gasteiger charge is -2.39. The molecule has 1 aromatic heterocycles. The molecule has 0 radical (unpaired) electrons. The number of rotatable bonds is 7. The highest BCUT2D eigenvalue weighted by molar-refractivity contribution is 4.98. The standard InChI is InChI=1S/C17H32N6/c1-6-8-9-15(16-18-19-20-23(16)17(3,4)5)22-13-11-21(10-7-2)12-14-22/h7,15H,2,6,8-14H2,1,3-5H3. The second-order valence-electron chi connectivity index (χ2n) is 7.40. The molecule has 0 aliphatic carbocycles. The molecule has 1 aromatic rings. The summed E-state index contributed by atoms with van der Waals surface area (Å²) in [5.74, 6) is 1.02. The van der Waals surface area contributed by atoms with Crippen LogP contribution in [0.5, 0.6) is 0 Å². The maximum atomic E-state index is 4.40. The average Bonchev–Trinajstić information content (AvgIpc) is 2.99. The Morgan fingerprint density at radius 1 is 1.22 bits per heavy atom. The Morgan fingerprint density at radius 3 is 2.48 bits per heavy atom. The lowest BCUT2D eigenvalue weighted by molar-refractivity contribution is 0.0886. The van der Waals surface area contributed by atoms with Crippen LogP contribution >= 0.6 is 0 Å². The van der Waals surface area contributed by atoms with Crippen molar-refractivity contribution in [1.82, 2.24) is 30.0 Å². The molecule has 1 aliphatic heterocycles. The van der Waals surface area contributed by atoms with Gasteiger partial charge in [-0.25, -0.2) is 4.68 Å². The zero-order valence-electron chi connectivity index (χ0n) is 15.2. The van der Waals surface area contributed by atoms with E-state index in [1.165, 1.54) is 12.8 Å². The summed E-state index contributed by atoms with van der Waals surface area (Å²) in [6.45, 7) is 17.9. The maximum Gasteiger partial charge on any atom is 0.168 e. The van der Waals surface area contributed by atoms with Crippen LogP contribution in [0.3, 0.4) is 0 Å². The Bertz CT molecular complexity index is 482. The Labute approximate surface area is 140 Å². The van der Waals surface area contributed by atoms with Crippen molar-refractivity contribution in [3.8, 4) is 0 Å². The van der Waals surface area contributed by atoms with Crippen molar-refractivity contribution >= 4 is 0 Å². The molecular weight excluding hydrogens is 288 g/mol. The van der Waals surface area contributed by atoms with Crippen LogP contribution in [-0.2, 0) is 5.54 Å². The molecule has 6 heteroatoms. The topological polar surface area (TPSA) is 50.1 Å². The normalized spacial score (nSPS) is 19.0. The van der Waals surface area contributed by atoms with Gasteiger partial charge in [0.1, 0.15) is 0 Å². The zero-order valence-corrected chi connectivity index (χ0v) is 15.2. The number of tetrazole rings is 1. The molecule has 1 saturated heterocycles. The molecule has 1 fully saturated rings. The SMILES string of the molecule is C=CCN1CCN(C(CCCC)c2nnnn2C(C)(C)C)CC1. The Kier molecular flexibility index (Phi) is 6.30. The summed E-state index contributed by atoms with van der Waals surface area (Å²) in [6, 6.07) is 0.315. The van der Waals surface area contributed by atoms with Crippen LogP contribution in [0.1, 0.15) is 58.8 Å². The molecule has 6 nitrogen and oxygen atoms in total. The average molecular weight is 320 g/mol. The highest BCUT2D eigenvalue weighted by Crippen LogP contribution is 2.28. The maximum absolute atomic E-state index is 4.40. The van der Waals surface area contributed by atoms with E-state index in [2.05, 4.69) is 59.6 Å². The van der Waals surface area contributed by atoms with Crippen LogP contribution in [0.25, 0.3) is 0 Å². The summed E-state index contributed by atoms with van der Waals surface area (Å²) < 4.78 is 2.00.